The summed E-state index contributed by atoms with van der Waals surface area (Å²) in [6, 6.07) is 13.0. The van der Waals surface area contributed by atoms with E-state index in [0.29, 0.717) is 5.56 Å². The molecule has 2 rings (SSSR count). The first-order valence-electron chi connectivity index (χ1n) is 7.23. The van der Waals surface area contributed by atoms with Crippen LogP contribution in [0.15, 0.2) is 42.5 Å². The van der Waals surface area contributed by atoms with Crippen LogP contribution in [0.4, 0.5) is 0 Å². The summed E-state index contributed by atoms with van der Waals surface area (Å²) in [6.07, 6.45) is 1.40. The van der Waals surface area contributed by atoms with Crippen molar-refractivity contribution in [2.75, 3.05) is 6.26 Å². The topological polar surface area (TPSA) is 63.6 Å². The Bertz CT molecular complexity index is 726. The Hall–Kier alpha value is -2.14. The molecule has 0 fully saturated rings. The number of benzene rings is 2. The SMILES string of the molecule is Cc1ccc(C)c(OCc2ccccc2C(C(=O)O)S(C)=O)c1. The lowest BCUT2D eigenvalue weighted by molar-refractivity contribution is -0.136. The Morgan fingerprint density at radius 3 is 2.57 bits per heavy atom. The van der Waals surface area contributed by atoms with Crippen molar-refractivity contribution in [3.63, 3.8) is 0 Å². The van der Waals surface area contributed by atoms with E-state index in [1.807, 2.05) is 44.2 Å². The molecule has 0 saturated heterocycles. The normalized spacial score (nSPS) is 13.3. The van der Waals surface area contributed by atoms with E-state index < -0.39 is 22.0 Å². The number of carboxylic acids is 1. The third-order valence-electron chi connectivity index (χ3n) is 3.62. The van der Waals surface area contributed by atoms with Crippen molar-refractivity contribution >= 4 is 16.8 Å². The Balaban J connectivity index is 2.29. The van der Waals surface area contributed by atoms with Crippen LogP contribution in [0.3, 0.4) is 0 Å². The molecular formula is C18H20O4S. The van der Waals surface area contributed by atoms with Crippen LogP contribution in [0.25, 0.3) is 0 Å². The Labute approximate surface area is 138 Å². The third kappa shape index (κ3) is 4.20. The zero-order valence-corrected chi connectivity index (χ0v) is 14.2. The first-order chi connectivity index (χ1) is 10.9. The van der Waals surface area contributed by atoms with Gasteiger partial charge in [-0.2, -0.15) is 0 Å². The molecule has 0 aromatic heterocycles. The summed E-state index contributed by atoms with van der Waals surface area (Å²) in [5, 5.41) is 8.31. The van der Waals surface area contributed by atoms with Gasteiger partial charge in [0.05, 0.1) is 0 Å². The maximum absolute atomic E-state index is 11.8. The van der Waals surface area contributed by atoms with Crippen LogP contribution in [-0.2, 0) is 22.2 Å². The van der Waals surface area contributed by atoms with Crippen LogP contribution in [0.5, 0.6) is 5.75 Å². The minimum absolute atomic E-state index is 0.238. The molecule has 0 bridgehead atoms. The second-order valence-corrected chi connectivity index (χ2v) is 6.94. The smallest absolute Gasteiger partial charge is 0.323 e. The number of hydrogen-bond acceptors (Lipinski definition) is 3. The molecule has 4 nitrogen and oxygen atoms in total. The maximum atomic E-state index is 11.8. The number of rotatable bonds is 6. The van der Waals surface area contributed by atoms with Gasteiger partial charge in [-0.05, 0) is 42.2 Å². The highest BCUT2D eigenvalue weighted by atomic mass is 32.2. The minimum atomic E-state index is -1.51. The number of hydrogen-bond donors (Lipinski definition) is 1. The lowest BCUT2D eigenvalue weighted by Crippen LogP contribution is -2.18. The highest BCUT2D eigenvalue weighted by Gasteiger charge is 2.26. The van der Waals surface area contributed by atoms with E-state index in [9.17, 15) is 14.1 Å². The monoisotopic (exact) mass is 332 g/mol. The Morgan fingerprint density at radius 2 is 1.91 bits per heavy atom. The molecule has 0 aliphatic rings. The lowest BCUT2D eigenvalue weighted by Gasteiger charge is -2.16. The van der Waals surface area contributed by atoms with Crippen LogP contribution >= 0.6 is 0 Å². The molecule has 2 unspecified atom stereocenters. The Morgan fingerprint density at radius 1 is 1.22 bits per heavy atom. The fourth-order valence-electron chi connectivity index (χ4n) is 2.39. The number of carbonyl (C=O) groups is 1. The van der Waals surface area contributed by atoms with E-state index in [4.69, 9.17) is 4.74 Å². The Kier molecular flexibility index (Phi) is 5.55. The van der Waals surface area contributed by atoms with Crippen molar-refractivity contribution < 1.29 is 18.8 Å². The average Bonchev–Trinajstić information content (AvgIpc) is 2.49. The van der Waals surface area contributed by atoms with E-state index in [1.165, 1.54) is 6.26 Å². The average molecular weight is 332 g/mol. The van der Waals surface area contributed by atoms with Gasteiger partial charge in [-0.15, -0.1) is 0 Å². The van der Waals surface area contributed by atoms with E-state index in [1.54, 1.807) is 12.1 Å². The standard InChI is InChI=1S/C18H20O4S/c1-12-8-9-13(2)16(10-12)22-11-14-6-4-5-7-15(14)17(18(19)20)23(3)21/h4-10,17H,11H2,1-3H3,(H,19,20). The summed E-state index contributed by atoms with van der Waals surface area (Å²) in [4.78, 5) is 11.4. The van der Waals surface area contributed by atoms with Gasteiger partial charge in [-0.25, -0.2) is 0 Å². The van der Waals surface area contributed by atoms with Crippen molar-refractivity contribution in [3.05, 3.63) is 64.7 Å². The highest BCUT2D eigenvalue weighted by Crippen LogP contribution is 2.26. The molecule has 23 heavy (non-hydrogen) atoms. The van der Waals surface area contributed by atoms with E-state index in [0.717, 1.165) is 22.4 Å². The van der Waals surface area contributed by atoms with Gasteiger partial charge < -0.3 is 9.84 Å². The number of carboxylic acid groups (broad SMARTS) is 1. The van der Waals surface area contributed by atoms with Gasteiger partial charge in [0.2, 0.25) is 0 Å². The van der Waals surface area contributed by atoms with E-state index >= 15 is 0 Å². The molecule has 0 amide bonds. The van der Waals surface area contributed by atoms with Gasteiger partial charge in [0, 0.05) is 17.1 Å². The molecule has 0 heterocycles. The predicted molar refractivity (Wildman–Crippen MR) is 91.1 cm³/mol. The second kappa shape index (κ2) is 7.42. The summed E-state index contributed by atoms with van der Waals surface area (Å²) in [7, 11) is -1.51. The van der Waals surface area contributed by atoms with Crippen molar-refractivity contribution in [2.45, 2.75) is 25.7 Å². The maximum Gasteiger partial charge on any atom is 0.323 e. The molecule has 0 aliphatic heterocycles. The summed E-state index contributed by atoms with van der Waals surface area (Å²) >= 11 is 0. The van der Waals surface area contributed by atoms with Crippen LogP contribution in [-0.4, -0.2) is 21.5 Å². The quantitative estimate of drug-likeness (QED) is 0.881. The van der Waals surface area contributed by atoms with Crippen LogP contribution in [0.2, 0.25) is 0 Å². The molecular weight excluding hydrogens is 312 g/mol. The zero-order chi connectivity index (χ0) is 17.0. The fourth-order valence-corrected chi connectivity index (χ4v) is 3.27. The van der Waals surface area contributed by atoms with Crippen molar-refractivity contribution in [1.82, 2.24) is 0 Å². The predicted octanol–water partition coefficient (Wildman–Crippen LogP) is 3.39. The molecule has 0 saturated carbocycles. The molecule has 2 aromatic carbocycles. The van der Waals surface area contributed by atoms with Crippen molar-refractivity contribution in [1.29, 1.82) is 0 Å². The summed E-state index contributed by atoms with van der Waals surface area (Å²) in [5.74, 6) is -0.325. The fraction of sp³-hybridized carbons (Fsp3) is 0.278. The van der Waals surface area contributed by atoms with Gasteiger partial charge in [-0.3, -0.25) is 9.00 Å². The number of aryl methyl sites for hydroxylation is 2. The van der Waals surface area contributed by atoms with Gasteiger partial charge in [-0.1, -0.05) is 36.4 Å². The molecule has 1 N–H and O–H groups in total. The minimum Gasteiger partial charge on any atom is -0.489 e. The summed E-state index contributed by atoms with van der Waals surface area (Å²) < 4.78 is 17.7. The molecule has 0 aliphatic carbocycles. The van der Waals surface area contributed by atoms with Gasteiger partial charge in [0.15, 0.2) is 5.25 Å². The molecule has 0 spiro atoms. The molecule has 2 aromatic rings. The van der Waals surface area contributed by atoms with Crippen LogP contribution in [0.1, 0.15) is 27.5 Å². The van der Waals surface area contributed by atoms with Crippen LogP contribution in [0, 0.1) is 13.8 Å². The molecule has 5 heteroatoms. The number of ether oxygens (including phenoxy) is 1. The zero-order valence-electron chi connectivity index (χ0n) is 13.4. The highest BCUT2D eigenvalue weighted by molar-refractivity contribution is 7.85. The van der Waals surface area contributed by atoms with Gasteiger partial charge in [0.25, 0.3) is 0 Å². The number of aliphatic carboxylic acids is 1. The third-order valence-corrected chi connectivity index (χ3v) is 4.74. The summed E-state index contributed by atoms with van der Waals surface area (Å²) in [5.41, 5.74) is 3.38. The van der Waals surface area contributed by atoms with Gasteiger partial charge >= 0.3 is 5.97 Å². The molecule has 0 radical (unpaired) electrons. The largest absolute Gasteiger partial charge is 0.489 e. The summed E-state index contributed by atoms with van der Waals surface area (Å²) in [6.45, 7) is 4.18. The molecule has 122 valence electrons. The van der Waals surface area contributed by atoms with Crippen molar-refractivity contribution in [2.24, 2.45) is 0 Å². The lowest BCUT2D eigenvalue weighted by atomic mass is 10.0. The molecule has 2 atom stereocenters. The first kappa shape index (κ1) is 17.2. The van der Waals surface area contributed by atoms with Crippen molar-refractivity contribution in [3.8, 4) is 5.75 Å². The van der Waals surface area contributed by atoms with E-state index in [2.05, 4.69) is 0 Å². The first-order valence-corrected chi connectivity index (χ1v) is 8.85. The van der Waals surface area contributed by atoms with Crippen LogP contribution < -0.4 is 4.74 Å². The van der Waals surface area contributed by atoms with E-state index in [-0.39, 0.29) is 6.61 Å². The second-order valence-electron chi connectivity index (χ2n) is 5.47. The van der Waals surface area contributed by atoms with Gasteiger partial charge in [0.1, 0.15) is 12.4 Å².